The van der Waals surface area contributed by atoms with Crippen molar-refractivity contribution >= 4 is 22.4 Å². The van der Waals surface area contributed by atoms with E-state index in [0.717, 1.165) is 29.2 Å². The molecular formula is C15H24N2O2S. The fourth-order valence-electron chi connectivity index (χ4n) is 2.75. The molecule has 0 saturated heterocycles. The molecule has 0 aromatic carbocycles. The first-order valence-electron chi connectivity index (χ1n) is 7.44. The zero-order valence-electron chi connectivity index (χ0n) is 12.4. The molecule has 20 heavy (non-hydrogen) atoms. The average molecular weight is 296 g/mol. The van der Waals surface area contributed by atoms with Crippen molar-refractivity contribution in [2.75, 3.05) is 19.0 Å². The van der Waals surface area contributed by atoms with E-state index in [1.807, 2.05) is 5.38 Å². The lowest BCUT2D eigenvalue weighted by Gasteiger charge is -2.28. The average Bonchev–Trinajstić information content (AvgIpc) is 2.92. The van der Waals surface area contributed by atoms with Gasteiger partial charge in [-0.25, -0.2) is 4.98 Å². The van der Waals surface area contributed by atoms with Gasteiger partial charge in [0.05, 0.1) is 19.2 Å². The van der Waals surface area contributed by atoms with Gasteiger partial charge >= 0.3 is 5.97 Å². The Labute approximate surface area is 124 Å². The molecule has 2 unspecified atom stereocenters. The molecule has 112 valence electrons. The molecule has 4 nitrogen and oxygen atoms in total. The predicted molar refractivity (Wildman–Crippen MR) is 82.1 cm³/mol. The normalized spacial score (nSPS) is 22.5. The fourth-order valence-corrected chi connectivity index (χ4v) is 3.50. The second-order valence-corrected chi connectivity index (χ2v) is 6.48. The van der Waals surface area contributed by atoms with Gasteiger partial charge in [0.2, 0.25) is 0 Å². The number of carbonyl (C=O) groups is 1. The molecule has 0 bridgehead atoms. The van der Waals surface area contributed by atoms with Gasteiger partial charge in [-0.15, -0.1) is 11.3 Å². The Morgan fingerprint density at radius 2 is 2.30 bits per heavy atom. The van der Waals surface area contributed by atoms with Gasteiger partial charge in [0.15, 0.2) is 5.13 Å². The second-order valence-electron chi connectivity index (χ2n) is 5.62. The zero-order chi connectivity index (χ0) is 14.4. The summed E-state index contributed by atoms with van der Waals surface area (Å²) in [5.74, 6) is 1.41. The Morgan fingerprint density at radius 3 is 3.05 bits per heavy atom. The number of hydrogen-bond acceptors (Lipinski definition) is 5. The molecule has 1 N–H and O–H groups in total. The quantitative estimate of drug-likeness (QED) is 0.816. The van der Waals surface area contributed by atoms with Crippen molar-refractivity contribution < 1.29 is 9.53 Å². The standard InChI is InChI=1S/C15H24N2O2S/c1-11-5-3-4-6-12(11)9-16-15-17-13(10-20-15)7-8-14(18)19-2/h10-12H,3-9H2,1-2H3,(H,16,17). The SMILES string of the molecule is COC(=O)CCc1csc(NCC2CCCCC2C)n1. The first kappa shape index (κ1) is 15.3. The third-order valence-electron chi connectivity index (χ3n) is 4.17. The lowest BCUT2D eigenvalue weighted by Crippen LogP contribution is -2.24. The van der Waals surface area contributed by atoms with Crippen LogP contribution in [0.1, 0.15) is 44.7 Å². The molecule has 1 saturated carbocycles. The number of thiazole rings is 1. The van der Waals surface area contributed by atoms with E-state index in [4.69, 9.17) is 0 Å². The van der Waals surface area contributed by atoms with Crippen LogP contribution in [0.5, 0.6) is 0 Å². The maximum atomic E-state index is 11.1. The van der Waals surface area contributed by atoms with E-state index < -0.39 is 0 Å². The van der Waals surface area contributed by atoms with Gasteiger partial charge in [-0.05, 0) is 18.3 Å². The molecule has 0 radical (unpaired) electrons. The number of nitrogens with zero attached hydrogens (tertiary/aromatic N) is 1. The van der Waals surface area contributed by atoms with E-state index in [2.05, 4.69) is 22.0 Å². The summed E-state index contributed by atoms with van der Waals surface area (Å²) in [5.41, 5.74) is 0.972. The van der Waals surface area contributed by atoms with Crippen LogP contribution < -0.4 is 5.32 Å². The number of aryl methyl sites for hydroxylation is 1. The van der Waals surface area contributed by atoms with Crippen LogP contribution in [0.2, 0.25) is 0 Å². The van der Waals surface area contributed by atoms with Crippen molar-refractivity contribution in [2.45, 2.75) is 45.4 Å². The molecule has 2 rings (SSSR count). The predicted octanol–water partition coefficient (Wildman–Crippen LogP) is 3.49. The number of methoxy groups -OCH3 is 1. The topological polar surface area (TPSA) is 51.2 Å². The smallest absolute Gasteiger partial charge is 0.305 e. The number of nitrogens with one attached hydrogen (secondary N) is 1. The van der Waals surface area contributed by atoms with Crippen molar-refractivity contribution in [3.8, 4) is 0 Å². The minimum Gasteiger partial charge on any atom is -0.469 e. The van der Waals surface area contributed by atoms with Gasteiger partial charge in [0.1, 0.15) is 0 Å². The number of aromatic nitrogens is 1. The third kappa shape index (κ3) is 4.47. The van der Waals surface area contributed by atoms with Crippen molar-refractivity contribution in [2.24, 2.45) is 11.8 Å². The van der Waals surface area contributed by atoms with E-state index >= 15 is 0 Å². The van der Waals surface area contributed by atoms with E-state index in [1.165, 1.54) is 32.8 Å². The molecule has 1 fully saturated rings. The monoisotopic (exact) mass is 296 g/mol. The third-order valence-corrected chi connectivity index (χ3v) is 5.02. The van der Waals surface area contributed by atoms with Gasteiger partial charge in [-0.3, -0.25) is 4.79 Å². The van der Waals surface area contributed by atoms with E-state index in [-0.39, 0.29) is 5.97 Å². The minimum absolute atomic E-state index is 0.177. The zero-order valence-corrected chi connectivity index (χ0v) is 13.2. The molecule has 1 aliphatic carbocycles. The highest BCUT2D eigenvalue weighted by Crippen LogP contribution is 2.30. The number of carbonyl (C=O) groups excluding carboxylic acids is 1. The van der Waals surface area contributed by atoms with Crippen LogP contribution in [0.4, 0.5) is 5.13 Å². The van der Waals surface area contributed by atoms with Crippen molar-refractivity contribution in [3.63, 3.8) is 0 Å². The number of hydrogen-bond donors (Lipinski definition) is 1. The molecule has 1 heterocycles. The van der Waals surface area contributed by atoms with Crippen LogP contribution in [0.3, 0.4) is 0 Å². The largest absolute Gasteiger partial charge is 0.469 e. The summed E-state index contributed by atoms with van der Waals surface area (Å²) in [4.78, 5) is 15.6. The maximum Gasteiger partial charge on any atom is 0.305 e. The van der Waals surface area contributed by atoms with Gasteiger partial charge in [0.25, 0.3) is 0 Å². The van der Waals surface area contributed by atoms with Crippen LogP contribution in [-0.4, -0.2) is 24.6 Å². The Morgan fingerprint density at radius 1 is 1.50 bits per heavy atom. The van der Waals surface area contributed by atoms with Crippen molar-refractivity contribution in [1.82, 2.24) is 4.98 Å². The van der Waals surface area contributed by atoms with Gasteiger partial charge < -0.3 is 10.1 Å². The van der Waals surface area contributed by atoms with Crippen LogP contribution in [0.15, 0.2) is 5.38 Å². The Kier molecular flexibility index (Phi) is 5.83. The molecular weight excluding hydrogens is 272 g/mol. The Bertz CT molecular complexity index is 433. The van der Waals surface area contributed by atoms with Gasteiger partial charge in [-0.2, -0.15) is 0 Å². The minimum atomic E-state index is -0.177. The van der Waals surface area contributed by atoms with Crippen molar-refractivity contribution in [3.05, 3.63) is 11.1 Å². The lowest BCUT2D eigenvalue weighted by atomic mass is 9.80. The Hall–Kier alpha value is -1.10. The molecule has 1 aromatic rings. The van der Waals surface area contributed by atoms with Gasteiger partial charge in [-0.1, -0.05) is 26.2 Å². The van der Waals surface area contributed by atoms with Crippen LogP contribution in [-0.2, 0) is 16.0 Å². The summed E-state index contributed by atoms with van der Waals surface area (Å²) < 4.78 is 4.64. The van der Waals surface area contributed by atoms with Gasteiger partial charge in [0, 0.05) is 18.3 Å². The molecule has 1 aliphatic rings. The molecule has 2 atom stereocenters. The van der Waals surface area contributed by atoms with E-state index in [9.17, 15) is 4.79 Å². The summed E-state index contributed by atoms with van der Waals surface area (Å²) in [6, 6.07) is 0. The molecule has 0 amide bonds. The highest BCUT2D eigenvalue weighted by Gasteiger charge is 2.21. The fraction of sp³-hybridized carbons (Fsp3) is 0.733. The first-order chi connectivity index (χ1) is 9.69. The summed E-state index contributed by atoms with van der Waals surface area (Å²) in [6.45, 7) is 3.38. The Balaban J connectivity index is 1.76. The summed E-state index contributed by atoms with van der Waals surface area (Å²) in [7, 11) is 1.42. The second kappa shape index (κ2) is 7.62. The van der Waals surface area contributed by atoms with Crippen LogP contribution in [0.25, 0.3) is 0 Å². The van der Waals surface area contributed by atoms with Crippen LogP contribution in [0, 0.1) is 11.8 Å². The first-order valence-corrected chi connectivity index (χ1v) is 8.32. The molecule has 5 heteroatoms. The summed E-state index contributed by atoms with van der Waals surface area (Å²) >= 11 is 1.62. The molecule has 1 aromatic heterocycles. The van der Waals surface area contributed by atoms with Crippen LogP contribution >= 0.6 is 11.3 Å². The molecule has 0 spiro atoms. The highest BCUT2D eigenvalue weighted by molar-refractivity contribution is 7.13. The summed E-state index contributed by atoms with van der Waals surface area (Å²) in [5, 5.41) is 6.46. The number of rotatable bonds is 6. The van der Waals surface area contributed by atoms with E-state index in [0.29, 0.717) is 12.8 Å². The van der Waals surface area contributed by atoms with E-state index in [1.54, 1.807) is 11.3 Å². The number of ether oxygens (including phenoxy) is 1. The lowest BCUT2D eigenvalue weighted by molar-refractivity contribution is -0.140. The summed E-state index contributed by atoms with van der Waals surface area (Å²) in [6.07, 6.45) is 6.49. The maximum absolute atomic E-state index is 11.1. The number of anilines is 1. The van der Waals surface area contributed by atoms with Crippen molar-refractivity contribution in [1.29, 1.82) is 0 Å². The molecule has 0 aliphatic heterocycles. The number of esters is 1. The highest BCUT2D eigenvalue weighted by atomic mass is 32.1.